The Kier molecular flexibility index (Phi) is 7.84. The third-order valence-corrected chi connectivity index (χ3v) is 6.13. The van der Waals surface area contributed by atoms with Crippen LogP contribution in [0.1, 0.15) is 24.7 Å². The predicted octanol–water partition coefficient (Wildman–Crippen LogP) is 5.28. The van der Waals surface area contributed by atoms with Crippen LogP contribution in [0, 0.1) is 0 Å². The van der Waals surface area contributed by atoms with Crippen molar-refractivity contribution in [2.24, 2.45) is 0 Å². The highest BCUT2D eigenvalue weighted by Gasteiger charge is 2.30. The molecule has 26 heavy (non-hydrogen) atoms. The Labute approximate surface area is 171 Å². The number of likely N-dealkylation sites (N-methyl/N-ethyl adjacent to an activating group) is 1. The molecule has 0 spiro atoms. The summed E-state index contributed by atoms with van der Waals surface area (Å²) < 4.78 is 0. The van der Waals surface area contributed by atoms with Gasteiger partial charge in [0.05, 0.1) is 17.5 Å². The Bertz CT molecular complexity index is 735. The van der Waals surface area contributed by atoms with Crippen LogP contribution in [0.2, 0.25) is 5.02 Å². The lowest BCUT2D eigenvalue weighted by atomic mass is 10.1. The first-order valence-electron chi connectivity index (χ1n) is 8.66. The van der Waals surface area contributed by atoms with E-state index in [9.17, 15) is 4.79 Å². The average molecular weight is 411 g/mol. The second-order valence-corrected chi connectivity index (χ2v) is 7.77. The maximum atomic E-state index is 13.0. The van der Waals surface area contributed by atoms with E-state index in [0.29, 0.717) is 13.1 Å². The number of thioether (sulfide) groups is 1. The van der Waals surface area contributed by atoms with Crippen LogP contribution in [0.15, 0.2) is 53.4 Å². The monoisotopic (exact) mass is 410 g/mol. The van der Waals surface area contributed by atoms with Gasteiger partial charge in [-0.25, -0.2) is 0 Å². The first-order chi connectivity index (χ1) is 12.1. The molecule has 0 unspecified atom stereocenters. The molecule has 1 aliphatic heterocycles. The van der Waals surface area contributed by atoms with Gasteiger partial charge in [0, 0.05) is 16.5 Å². The molecule has 2 aromatic carbocycles. The average Bonchev–Trinajstić information content (AvgIpc) is 2.65. The van der Waals surface area contributed by atoms with Crippen LogP contribution >= 0.6 is 35.8 Å². The van der Waals surface area contributed by atoms with Crippen molar-refractivity contribution in [1.82, 2.24) is 4.90 Å². The minimum Gasteiger partial charge on any atom is -0.309 e. The molecule has 140 valence electrons. The van der Waals surface area contributed by atoms with Crippen LogP contribution in [0.4, 0.5) is 5.69 Å². The number of para-hydroxylation sites is 1. The summed E-state index contributed by atoms with van der Waals surface area (Å²) in [7, 11) is 0. The van der Waals surface area contributed by atoms with Crippen LogP contribution in [0.3, 0.4) is 0 Å². The Balaban J connectivity index is 0.00000243. The van der Waals surface area contributed by atoms with Crippen molar-refractivity contribution < 1.29 is 4.79 Å². The van der Waals surface area contributed by atoms with E-state index in [2.05, 4.69) is 36.9 Å². The lowest BCUT2D eigenvalue weighted by Gasteiger charge is -2.35. The van der Waals surface area contributed by atoms with Gasteiger partial charge in [-0.1, -0.05) is 49.7 Å². The number of hydrogen-bond donors (Lipinski definition) is 0. The van der Waals surface area contributed by atoms with Gasteiger partial charge in [-0.3, -0.25) is 9.69 Å². The van der Waals surface area contributed by atoms with Crippen LogP contribution in [-0.4, -0.2) is 37.0 Å². The molecule has 3 nitrogen and oxygen atoms in total. The Hall–Kier alpha value is -1.20. The molecule has 1 aliphatic rings. The molecular formula is C20H24Cl2N2OS. The van der Waals surface area contributed by atoms with Gasteiger partial charge in [-0.15, -0.1) is 24.2 Å². The van der Waals surface area contributed by atoms with Gasteiger partial charge in [0.15, 0.2) is 0 Å². The molecule has 2 aromatic rings. The van der Waals surface area contributed by atoms with Gasteiger partial charge >= 0.3 is 0 Å². The van der Waals surface area contributed by atoms with E-state index in [1.165, 1.54) is 5.56 Å². The second kappa shape index (κ2) is 9.65. The normalized spacial score (nSPS) is 16.2. The third kappa shape index (κ3) is 4.74. The number of halogens is 2. The smallest absolute Gasteiger partial charge is 0.241 e. The zero-order valence-corrected chi connectivity index (χ0v) is 17.4. The van der Waals surface area contributed by atoms with Gasteiger partial charge in [0.2, 0.25) is 5.91 Å². The van der Waals surface area contributed by atoms with E-state index < -0.39 is 0 Å². The first-order valence-corrected chi connectivity index (χ1v) is 9.92. The summed E-state index contributed by atoms with van der Waals surface area (Å²) in [5.41, 5.74) is 2.22. The van der Waals surface area contributed by atoms with Crippen molar-refractivity contribution in [2.45, 2.75) is 24.0 Å². The molecule has 1 heterocycles. The second-order valence-electron chi connectivity index (χ2n) is 6.09. The highest BCUT2D eigenvalue weighted by atomic mass is 35.5. The summed E-state index contributed by atoms with van der Waals surface area (Å²) in [6.07, 6.45) is 0. The van der Waals surface area contributed by atoms with Gasteiger partial charge in [-0.2, -0.15) is 0 Å². The van der Waals surface area contributed by atoms with E-state index in [0.717, 1.165) is 28.7 Å². The van der Waals surface area contributed by atoms with Crippen LogP contribution in [0.5, 0.6) is 0 Å². The quantitative estimate of drug-likeness (QED) is 0.669. The molecule has 1 amide bonds. The fraction of sp³-hybridized carbons (Fsp3) is 0.350. The summed E-state index contributed by atoms with van der Waals surface area (Å²) in [5, 5.41) is 0.951. The Morgan fingerprint density at radius 1 is 1.15 bits per heavy atom. The van der Waals surface area contributed by atoms with Crippen LogP contribution in [0.25, 0.3) is 0 Å². The van der Waals surface area contributed by atoms with Crippen molar-refractivity contribution in [3.05, 3.63) is 59.1 Å². The lowest BCUT2D eigenvalue weighted by molar-refractivity contribution is -0.119. The summed E-state index contributed by atoms with van der Waals surface area (Å²) in [6.45, 7) is 7.09. The number of benzene rings is 2. The van der Waals surface area contributed by atoms with E-state index >= 15 is 0 Å². The summed E-state index contributed by atoms with van der Waals surface area (Å²) in [4.78, 5) is 18.2. The van der Waals surface area contributed by atoms with Gasteiger partial charge in [0.25, 0.3) is 0 Å². The van der Waals surface area contributed by atoms with Crippen molar-refractivity contribution >= 4 is 47.4 Å². The number of amides is 1. The number of carbonyl (C=O) groups excluding carboxylic acids is 1. The predicted molar refractivity (Wildman–Crippen MR) is 114 cm³/mol. The number of nitrogens with zero attached hydrogens (tertiary/aromatic N) is 2. The molecule has 0 saturated heterocycles. The number of anilines is 1. The molecular weight excluding hydrogens is 387 g/mol. The molecule has 0 bridgehead atoms. The molecule has 3 rings (SSSR count). The molecule has 6 heteroatoms. The summed E-state index contributed by atoms with van der Waals surface area (Å²) in [6, 6.07) is 16.1. The highest BCUT2D eigenvalue weighted by Crippen LogP contribution is 2.45. The molecule has 0 saturated carbocycles. The Morgan fingerprint density at radius 3 is 2.46 bits per heavy atom. The van der Waals surface area contributed by atoms with Crippen molar-refractivity contribution in [3.8, 4) is 0 Å². The fourth-order valence-electron chi connectivity index (χ4n) is 3.05. The zero-order chi connectivity index (χ0) is 17.8. The minimum atomic E-state index is 0. The van der Waals surface area contributed by atoms with Crippen molar-refractivity contribution in [3.63, 3.8) is 0 Å². The van der Waals surface area contributed by atoms with Crippen LogP contribution in [-0.2, 0) is 4.79 Å². The SMILES string of the molecule is CCN(CC)CC(=O)N1C[C@H](c2ccc(Cl)cc2)Sc2ccccc21.Cl. The number of fused-ring (bicyclic) bond motifs is 1. The summed E-state index contributed by atoms with van der Waals surface area (Å²) in [5.74, 6) is 0.162. The number of hydrogen-bond acceptors (Lipinski definition) is 3. The maximum Gasteiger partial charge on any atom is 0.241 e. The van der Waals surface area contributed by atoms with Crippen LogP contribution < -0.4 is 4.90 Å². The number of carbonyl (C=O) groups is 1. The standard InChI is InChI=1S/C20H23ClN2OS.ClH/c1-3-22(4-2)14-20(24)23-13-19(15-9-11-16(21)12-10-15)25-18-8-6-5-7-17(18)23;/h5-12,19H,3-4,13-14H2,1-2H3;1H/t19-;/m1./s1. The van der Waals surface area contributed by atoms with E-state index in [4.69, 9.17) is 11.6 Å². The zero-order valence-electron chi connectivity index (χ0n) is 15.0. The van der Waals surface area contributed by atoms with E-state index in [-0.39, 0.29) is 23.6 Å². The van der Waals surface area contributed by atoms with Gasteiger partial charge < -0.3 is 4.90 Å². The largest absolute Gasteiger partial charge is 0.309 e. The molecule has 0 fully saturated rings. The molecule has 0 aromatic heterocycles. The molecule has 0 N–H and O–H groups in total. The van der Waals surface area contributed by atoms with Gasteiger partial charge in [0.1, 0.15) is 0 Å². The third-order valence-electron chi connectivity index (χ3n) is 4.57. The van der Waals surface area contributed by atoms with E-state index in [1.807, 2.05) is 47.0 Å². The molecule has 1 atom stereocenters. The minimum absolute atomic E-state index is 0. The van der Waals surface area contributed by atoms with E-state index in [1.54, 1.807) is 0 Å². The van der Waals surface area contributed by atoms with Crippen molar-refractivity contribution in [1.29, 1.82) is 0 Å². The molecule has 0 radical (unpaired) electrons. The summed E-state index contributed by atoms with van der Waals surface area (Å²) >= 11 is 7.84. The first kappa shape index (κ1) is 21.1. The van der Waals surface area contributed by atoms with Gasteiger partial charge in [-0.05, 0) is 42.9 Å². The fourth-order valence-corrected chi connectivity index (χ4v) is 4.45. The Morgan fingerprint density at radius 2 is 1.81 bits per heavy atom. The lowest BCUT2D eigenvalue weighted by Crippen LogP contribution is -2.43. The maximum absolute atomic E-state index is 13.0. The number of rotatable bonds is 5. The topological polar surface area (TPSA) is 23.6 Å². The molecule has 0 aliphatic carbocycles. The van der Waals surface area contributed by atoms with Crippen molar-refractivity contribution in [2.75, 3.05) is 31.1 Å². The highest BCUT2D eigenvalue weighted by molar-refractivity contribution is 7.99.